The second kappa shape index (κ2) is 17.4. The molecule has 0 bridgehead atoms. The monoisotopic (exact) mass is 853 g/mol. The summed E-state index contributed by atoms with van der Waals surface area (Å²) in [6, 6.07) is 10.7. The van der Waals surface area contributed by atoms with Crippen LogP contribution in [0.25, 0.3) is 27.6 Å². The Bertz CT molecular complexity index is 2480. The molecule has 2 atom stereocenters. The average Bonchev–Trinajstić information content (AvgIpc) is 3.93. The number of anilines is 1. The Labute approximate surface area is 356 Å². The predicted molar refractivity (Wildman–Crippen MR) is 229 cm³/mol. The first-order chi connectivity index (χ1) is 29.0. The van der Waals surface area contributed by atoms with Crippen molar-refractivity contribution in [3.8, 4) is 39.1 Å². The first-order valence-corrected chi connectivity index (χ1v) is 20.9. The number of thiazole rings is 1. The minimum Gasteiger partial charge on any atom is -0.508 e. The fourth-order valence-corrected chi connectivity index (χ4v) is 8.43. The maximum atomic E-state index is 13.4. The highest BCUT2D eigenvalue weighted by Crippen LogP contribution is 2.38. The summed E-state index contributed by atoms with van der Waals surface area (Å²) in [6.45, 7) is 14.5. The molecule has 2 aromatic carbocycles. The lowest BCUT2D eigenvalue weighted by Gasteiger charge is -2.35. The highest BCUT2D eigenvalue weighted by molar-refractivity contribution is 7.19. The molecule has 2 saturated heterocycles. The van der Waals surface area contributed by atoms with Crippen molar-refractivity contribution in [3.05, 3.63) is 81.8 Å². The quantitative estimate of drug-likeness (QED) is 0.126. The molecule has 18 nitrogen and oxygen atoms in total. The second-order valence-corrected chi connectivity index (χ2v) is 17.7. The number of hydrogen-bond acceptors (Lipinski definition) is 13. The lowest BCUT2D eigenvalue weighted by Crippen LogP contribution is -2.49. The van der Waals surface area contributed by atoms with Crippen molar-refractivity contribution in [3.63, 3.8) is 0 Å². The maximum Gasteiger partial charge on any atom is 0.348 e. The average molecular weight is 854 g/mol. The van der Waals surface area contributed by atoms with Crippen LogP contribution < -0.4 is 16.7 Å². The van der Waals surface area contributed by atoms with E-state index >= 15 is 0 Å². The van der Waals surface area contributed by atoms with Gasteiger partial charge in [0.2, 0.25) is 11.8 Å². The largest absolute Gasteiger partial charge is 0.508 e. The van der Waals surface area contributed by atoms with E-state index in [0.29, 0.717) is 71.9 Å². The number of rotatable bonds is 11. The summed E-state index contributed by atoms with van der Waals surface area (Å²) in [5.41, 5.74) is 8.87. The number of urea groups is 1. The van der Waals surface area contributed by atoms with E-state index in [1.807, 2.05) is 65.8 Å². The summed E-state index contributed by atoms with van der Waals surface area (Å²) in [4.78, 5) is 71.7. The zero-order valence-electron chi connectivity index (χ0n) is 35.0. The number of aromatic hydroxyl groups is 2. The van der Waals surface area contributed by atoms with Gasteiger partial charge in [0, 0.05) is 63.4 Å². The number of H-pyrrole nitrogens is 1. The summed E-state index contributed by atoms with van der Waals surface area (Å²) in [6.07, 6.45) is 1.30. The minimum atomic E-state index is -0.914. The molecule has 6 N–H and O–H groups in total. The molecule has 0 saturated carbocycles. The number of nitrogens with two attached hydrogens (primary N) is 1. The Morgan fingerprint density at radius 3 is 2.43 bits per heavy atom. The van der Waals surface area contributed by atoms with Crippen LogP contribution in [0.5, 0.6) is 11.5 Å². The molecule has 0 unspecified atom stereocenters. The molecule has 0 spiro atoms. The van der Waals surface area contributed by atoms with E-state index in [0.717, 1.165) is 10.4 Å². The number of nitrogens with one attached hydrogen (secondary N) is 2. The maximum absolute atomic E-state index is 13.4. The van der Waals surface area contributed by atoms with Gasteiger partial charge in [-0.05, 0) is 48.2 Å². The lowest BCUT2D eigenvalue weighted by molar-refractivity contribution is -0.139. The number of benzene rings is 2. The number of aryl methyl sites for hydroxylation is 1. The molecular weight excluding hydrogens is 803 g/mol. The molecule has 2 aliphatic rings. The Hall–Kier alpha value is -6.18. The number of piperazine rings is 1. The van der Waals surface area contributed by atoms with Gasteiger partial charge >= 0.3 is 11.7 Å². The Kier molecular flexibility index (Phi) is 12.3. The van der Waals surface area contributed by atoms with E-state index in [4.69, 9.17) is 15.5 Å². The van der Waals surface area contributed by atoms with Crippen molar-refractivity contribution in [2.75, 3.05) is 44.6 Å². The summed E-state index contributed by atoms with van der Waals surface area (Å²) in [5.74, 6) is -0.197. The number of hydrogen-bond donors (Lipinski definition) is 5. The van der Waals surface area contributed by atoms with Gasteiger partial charge in [-0.2, -0.15) is 5.10 Å². The smallest absolute Gasteiger partial charge is 0.348 e. The first kappa shape index (κ1) is 42.9. The topological polar surface area (TPSA) is 238 Å². The van der Waals surface area contributed by atoms with E-state index in [1.165, 1.54) is 26.9 Å². The van der Waals surface area contributed by atoms with E-state index in [1.54, 1.807) is 23.2 Å². The lowest BCUT2D eigenvalue weighted by atomic mass is 9.95. The van der Waals surface area contributed by atoms with Crippen LogP contribution in [0.2, 0.25) is 0 Å². The van der Waals surface area contributed by atoms with Crippen molar-refractivity contribution < 1.29 is 29.3 Å². The highest BCUT2D eigenvalue weighted by Gasteiger charge is 2.40. The number of aromatic nitrogens is 6. The van der Waals surface area contributed by atoms with Crippen LogP contribution in [-0.2, 0) is 26.3 Å². The van der Waals surface area contributed by atoms with Crippen LogP contribution in [0.15, 0.2) is 53.5 Å². The van der Waals surface area contributed by atoms with Gasteiger partial charge in [-0.25, -0.2) is 34.2 Å². The standard InChI is InChI=1S/C42H51N11O7S/c1-23(2)28-18-29(33(55)19-32(28)54)37-48-49-41(59)53(37)26-9-7-25(8-10-26)20-50-13-15-51(16-14-50)34(56)22-60-27-17-31(36(43)57)52(21-27)40(58)47-39-45-24(3)35(61-39)30-11-12-44-38(46-30)42(4,5)6/h7-12,18-19,23,27,31,54-55H,13-17,20-22H2,1-6H3,(H2,43,57)(H,49,59)(H,45,47,58)/t27-,31+/m0/s1. The molecule has 7 rings (SSSR count). The summed E-state index contributed by atoms with van der Waals surface area (Å²) < 4.78 is 7.34. The number of ether oxygens (including phenoxy) is 1. The van der Waals surface area contributed by atoms with Gasteiger partial charge in [0.25, 0.3) is 0 Å². The van der Waals surface area contributed by atoms with E-state index in [9.17, 15) is 29.4 Å². The molecule has 4 amide bonds. The van der Waals surface area contributed by atoms with Crippen molar-refractivity contribution in [2.45, 2.75) is 78.0 Å². The zero-order chi connectivity index (χ0) is 43.7. The summed E-state index contributed by atoms with van der Waals surface area (Å²) in [7, 11) is 0. The molecular formula is C42H51N11O7S. The van der Waals surface area contributed by atoms with Crippen LogP contribution in [0.1, 0.15) is 69.6 Å². The molecule has 322 valence electrons. The van der Waals surface area contributed by atoms with E-state index in [-0.39, 0.29) is 54.1 Å². The SMILES string of the molecule is Cc1nc(NC(=O)N2C[C@@H](OCC(=O)N3CCN(Cc4ccc(-n5c(-c6cc(C(C)C)c(O)cc6O)n[nH]c5=O)cc4)CC3)C[C@@H]2C(N)=O)sc1-c1ccnc(C(C)(C)C)n1. The number of primary amides is 1. The normalized spacial score (nSPS) is 17.3. The van der Waals surface area contributed by atoms with Gasteiger partial charge in [0.05, 0.1) is 33.6 Å². The third kappa shape index (κ3) is 9.43. The van der Waals surface area contributed by atoms with Crippen LogP contribution in [-0.4, -0.2) is 124 Å². The number of nitrogens with zero attached hydrogens (tertiary/aromatic N) is 8. The fourth-order valence-electron chi connectivity index (χ4n) is 7.51. The molecule has 3 aromatic heterocycles. The zero-order valence-corrected chi connectivity index (χ0v) is 35.8. The number of aromatic amines is 1. The molecule has 2 aliphatic heterocycles. The van der Waals surface area contributed by atoms with E-state index in [2.05, 4.69) is 30.4 Å². The predicted octanol–water partition coefficient (Wildman–Crippen LogP) is 4.10. The molecule has 5 heterocycles. The summed E-state index contributed by atoms with van der Waals surface area (Å²) in [5, 5.41) is 30.7. The van der Waals surface area contributed by atoms with Crippen molar-refractivity contribution >= 4 is 34.3 Å². The van der Waals surface area contributed by atoms with Gasteiger partial charge in [-0.15, -0.1) is 0 Å². The van der Waals surface area contributed by atoms with Crippen LogP contribution >= 0.6 is 11.3 Å². The number of amides is 4. The number of phenols is 2. The Morgan fingerprint density at radius 2 is 1.75 bits per heavy atom. The highest BCUT2D eigenvalue weighted by atomic mass is 32.1. The van der Waals surface area contributed by atoms with Crippen molar-refractivity contribution in [1.29, 1.82) is 0 Å². The second-order valence-electron chi connectivity index (χ2n) is 16.7. The Balaban J connectivity index is 0.900. The molecule has 2 fully saturated rings. The fraction of sp³-hybridized carbons (Fsp3) is 0.429. The third-order valence-corrected chi connectivity index (χ3v) is 12.0. The molecule has 61 heavy (non-hydrogen) atoms. The molecule has 0 radical (unpaired) electrons. The van der Waals surface area contributed by atoms with Gasteiger partial charge in [-0.1, -0.05) is 58.1 Å². The molecule has 0 aliphatic carbocycles. The summed E-state index contributed by atoms with van der Waals surface area (Å²) >= 11 is 1.27. The van der Waals surface area contributed by atoms with Gasteiger partial charge in [-0.3, -0.25) is 19.8 Å². The molecule has 19 heteroatoms. The van der Waals surface area contributed by atoms with Gasteiger partial charge in [0.15, 0.2) is 11.0 Å². The number of carbonyl (C=O) groups excluding carboxylic acids is 3. The number of likely N-dealkylation sites (tertiary alicyclic amines) is 1. The minimum absolute atomic E-state index is 0.0239. The third-order valence-electron chi connectivity index (χ3n) is 10.9. The number of carbonyl (C=O) groups is 3. The number of phenolic OH excluding ortho intramolecular Hbond substituents is 2. The van der Waals surface area contributed by atoms with Gasteiger partial charge in [0.1, 0.15) is 30.0 Å². The van der Waals surface area contributed by atoms with Crippen LogP contribution in [0.3, 0.4) is 0 Å². The molecule has 5 aromatic rings. The van der Waals surface area contributed by atoms with Crippen LogP contribution in [0.4, 0.5) is 9.93 Å². The van der Waals surface area contributed by atoms with Gasteiger partial charge < -0.3 is 30.5 Å². The van der Waals surface area contributed by atoms with Crippen molar-refractivity contribution in [2.24, 2.45) is 5.73 Å². The van der Waals surface area contributed by atoms with Crippen molar-refractivity contribution in [1.82, 2.24) is 44.4 Å². The van der Waals surface area contributed by atoms with E-state index < -0.39 is 29.8 Å². The first-order valence-electron chi connectivity index (χ1n) is 20.1. The van der Waals surface area contributed by atoms with Crippen LogP contribution in [0, 0.1) is 6.92 Å². The Morgan fingerprint density at radius 1 is 1.03 bits per heavy atom.